The molecule has 1 saturated carbocycles. The Hall–Kier alpha value is -3.73. The van der Waals surface area contributed by atoms with Crippen molar-refractivity contribution >= 4 is 21.9 Å². The maximum Gasteiger partial charge on any atom is 0.191 e. The minimum absolute atomic E-state index is 0.00373. The van der Waals surface area contributed by atoms with Crippen LogP contribution in [0.25, 0.3) is 44.5 Å². The molecule has 0 saturated heterocycles. The van der Waals surface area contributed by atoms with Crippen molar-refractivity contribution in [1.29, 1.82) is 0 Å². The van der Waals surface area contributed by atoms with Gasteiger partial charge >= 0.3 is 0 Å². The van der Waals surface area contributed by atoms with Crippen molar-refractivity contribution in [2.24, 2.45) is 0 Å². The first kappa shape index (κ1) is 17.2. The molecule has 5 nitrogen and oxygen atoms in total. The Kier molecular flexibility index (Phi) is 3.65. The highest BCUT2D eigenvalue weighted by Crippen LogP contribution is 2.39. The maximum atomic E-state index is 12.9. The average molecular weight is 393 g/mol. The number of aryl methyl sites for hydroxylation is 1. The Labute approximate surface area is 172 Å². The Balaban J connectivity index is 1.64. The summed E-state index contributed by atoms with van der Waals surface area (Å²) in [7, 11) is 0. The molecule has 6 rings (SSSR count). The first-order chi connectivity index (χ1) is 14.7. The van der Waals surface area contributed by atoms with Gasteiger partial charge in [-0.2, -0.15) is 0 Å². The van der Waals surface area contributed by atoms with Crippen molar-refractivity contribution in [3.05, 3.63) is 82.5 Å². The molecule has 0 bridgehead atoms. The highest BCUT2D eigenvalue weighted by atomic mass is 16.3. The molecule has 1 aliphatic carbocycles. The van der Waals surface area contributed by atoms with Gasteiger partial charge in [-0.3, -0.25) is 9.78 Å². The molecule has 0 unspecified atom stereocenters. The van der Waals surface area contributed by atoms with Crippen molar-refractivity contribution < 1.29 is 4.42 Å². The van der Waals surface area contributed by atoms with Gasteiger partial charge in [-0.05, 0) is 67.6 Å². The number of fused-ring (bicyclic) bond motifs is 2. The van der Waals surface area contributed by atoms with E-state index in [1.165, 1.54) is 0 Å². The fraction of sp³-hybridized carbons (Fsp3) is 0.160. The predicted molar refractivity (Wildman–Crippen MR) is 118 cm³/mol. The van der Waals surface area contributed by atoms with Gasteiger partial charge in [0.1, 0.15) is 17.1 Å². The Morgan fingerprint density at radius 1 is 1.07 bits per heavy atom. The summed E-state index contributed by atoms with van der Waals surface area (Å²) in [6, 6.07) is 17.6. The van der Waals surface area contributed by atoms with Gasteiger partial charge in [0.25, 0.3) is 0 Å². The van der Waals surface area contributed by atoms with E-state index in [4.69, 9.17) is 9.40 Å². The van der Waals surface area contributed by atoms with Crippen molar-refractivity contribution in [2.75, 3.05) is 0 Å². The molecule has 1 aliphatic rings. The van der Waals surface area contributed by atoms with E-state index < -0.39 is 0 Å². The van der Waals surface area contributed by atoms with E-state index in [-0.39, 0.29) is 5.43 Å². The third-order valence-electron chi connectivity index (χ3n) is 5.74. The van der Waals surface area contributed by atoms with E-state index in [2.05, 4.69) is 16.0 Å². The van der Waals surface area contributed by atoms with Crippen LogP contribution in [-0.2, 0) is 0 Å². The smallest absolute Gasteiger partial charge is 0.191 e. The number of benzene rings is 1. The van der Waals surface area contributed by atoms with Gasteiger partial charge in [0, 0.05) is 28.9 Å². The standard InChI is InChI=1S/C25H19N3O2/c1-14-4-9-23(30-14)24-18(16-7-8-20-17(11-16)3-2-10-26-20)12-19-22(29)13-21(15-5-6-15)27-25(19)28-24/h2-4,7-13,15H,5-6H2,1H3,(H,27,28,29). The van der Waals surface area contributed by atoms with Crippen LogP contribution in [0.15, 0.2) is 70.0 Å². The van der Waals surface area contributed by atoms with Crippen LogP contribution in [0.1, 0.15) is 30.2 Å². The van der Waals surface area contributed by atoms with Crippen LogP contribution in [0, 0.1) is 6.92 Å². The van der Waals surface area contributed by atoms with Gasteiger partial charge in [0.05, 0.1) is 10.9 Å². The molecule has 1 fully saturated rings. The Morgan fingerprint density at radius 3 is 2.77 bits per heavy atom. The minimum atomic E-state index is 0.00373. The summed E-state index contributed by atoms with van der Waals surface area (Å²) in [5.74, 6) is 1.96. The summed E-state index contributed by atoms with van der Waals surface area (Å²) >= 11 is 0. The lowest BCUT2D eigenvalue weighted by atomic mass is 9.99. The van der Waals surface area contributed by atoms with Crippen LogP contribution < -0.4 is 5.43 Å². The van der Waals surface area contributed by atoms with E-state index in [9.17, 15) is 4.79 Å². The molecule has 4 heterocycles. The lowest BCUT2D eigenvalue weighted by Crippen LogP contribution is -2.07. The van der Waals surface area contributed by atoms with Gasteiger partial charge in [0.2, 0.25) is 0 Å². The van der Waals surface area contributed by atoms with Crippen molar-refractivity contribution in [3.8, 4) is 22.6 Å². The fourth-order valence-corrected chi connectivity index (χ4v) is 4.02. The fourth-order valence-electron chi connectivity index (χ4n) is 4.02. The zero-order chi connectivity index (χ0) is 20.2. The lowest BCUT2D eigenvalue weighted by molar-refractivity contribution is 0.547. The number of H-pyrrole nitrogens is 1. The van der Waals surface area contributed by atoms with Crippen molar-refractivity contribution in [2.45, 2.75) is 25.7 Å². The monoisotopic (exact) mass is 393 g/mol. The molecule has 0 atom stereocenters. The highest BCUT2D eigenvalue weighted by molar-refractivity contribution is 5.92. The van der Waals surface area contributed by atoms with Gasteiger partial charge in [-0.25, -0.2) is 4.98 Å². The molecule has 0 radical (unpaired) electrons. The van der Waals surface area contributed by atoms with Crippen LogP contribution in [0.3, 0.4) is 0 Å². The summed E-state index contributed by atoms with van der Waals surface area (Å²) in [6.45, 7) is 1.92. The summed E-state index contributed by atoms with van der Waals surface area (Å²) < 4.78 is 5.92. The van der Waals surface area contributed by atoms with Gasteiger partial charge < -0.3 is 9.40 Å². The molecule has 0 amide bonds. The lowest BCUT2D eigenvalue weighted by Gasteiger charge is -2.11. The highest BCUT2D eigenvalue weighted by Gasteiger charge is 2.26. The Morgan fingerprint density at radius 2 is 1.97 bits per heavy atom. The third kappa shape index (κ3) is 2.82. The molecule has 5 heteroatoms. The molecule has 1 N–H and O–H groups in total. The number of aromatic nitrogens is 3. The van der Waals surface area contributed by atoms with E-state index in [0.717, 1.165) is 52.0 Å². The second kappa shape index (κ2) is 6.39. The predicted octanol–water partition coefficient (Wildman–Crippen LogP) is 5.58. The summed E-state index contributed by atoms with van der Waals surface area (Å²) in [4.78, 5) is 25.6. The normalized spacial score (nSPS) is 13.9. The zero-order valence-corrected chi connectivity index (χ0v) is 16.5. The molecule has 0 aliphatic heterocycles. The topological polar surface area (TPSA) is 71.8 Å². The summed E-state index contributed by atoms with van der Waals surface area (Å²) in [5, 5.41) is 1.63. The maximum absolute atomic E-state index is 12.9. The number of nitrogens with one attached hydrogen (secondary N) is 1. The number of furan rings is 1. The van der Waals surface area contributed by atoms with Crippen LogP contribution in [0.5, 0.6) is 0 Å². The van der Waals surface area contributed by atoms with Gasteiger partial charge in [0.15, 0.2) is 11.2 Å². The van der Waals surface area contributed by atoms with Crippen molar-refractivity contribution in [3.63, 3.8) is 0 Å². The van der Waals surface area contributed by atoms with Gasteiger partial charge in [-0.15, -0.1) is 0 Å². The third-order valence-corrected chi connectivity index (χ3v) is 5.74. The number of hydrogen-bond donors (Lipinski definition) is 1. The molecule has 1 aromatic carbocycles. The molecule has 4 aromatic heterocycles. The van der Waals surface area contributed by atoms with E-state index in [1.54, 1.807) is 12.3 Å². The van der Waals surface area contributed by atoms with E-state index in [1.807, 2.05) is 49.4 Å². The molecular formula is C25H19N3O2. The van der Waals surface area contributed by atoms with Crippen LogP contribution in [-0.4, -0.2) is 15.0 Å². The molecule has 5 aromatic rings. The van der Waals surface area contributed by atoms with Gasteiger partial charge in [-0.1, -0.05) is 12.1 Å². The summed E-state index contributed by atoms with van der Waals surface area (Å²) in [5.41, 5.74) is 5.08. The number of rotatable bonds is 3. The van der Waals surface area contributed by atoms with E-state index in [0.29, 0.717) is 22.7 Å². The Bertz CT molecular complexity index is 1490. The molecule has 146 valence electrons. The molecule has 0 spiro atoms. The van der Waals surface area contributed by atoms with Crippen LogP contribution in [0.2, 0.25) is 0 Å². The first-order valence-corrected chi connectivity index (χ1v) is 10.2. The number of nitrogens with zero attached hydrogens (tertiary/aromatic N) is 2. The number of pyridine rings is 3. The second-order valence-corrected chi connectivity index (χ2v) is 7.97. The quantitative estimate of drug-likeness (QED) is 0.434. The number of aromatic amines is 1. The molecular weight excluding hydrogens is 374 g/mol. The number of hydrogen-bond acceptors (Lipinski definition) is 4. The van der Waals surface area contributed by atoms with Crippen LogP contribution in [0.4, 0.5) is 0 Å². The summed E-state index contributed by atoms with van der Waals surface area (Å²) in [6.07, 6.45) is 4.03. The average Bonchev–Trinajstić information content (AvgIpc) is 3.53. The molecule has 30 heavy (non-hydrogen) atoms. The second-order valence-electron chi connectivity index (χ2n) is 7.97. The zero-order valence-electron chi connectivity index (χ0n) is 16.5. The first-order valence-electron chi connectivity index (χ1n) is 10.2. The largest absolute Gasteiger partial charge is 0.460 e. The van der Waals surface area contributed by atoms with E-state index >= 15 is 0 Å². The SMILES string of the molecule is Cc1ccc(-c2nc3[nH]c(C4CC4)cc(=O)c3cc2-c2ccc3ncccc3c2)o1. The minimum Gasteiger partial charge on any atom is -0.460 e. The van der Waals surface area contributed by atoms with Crippen LogP contribution >= 0.6 is 0 Å². The van der Waals surface area contributed by atoms with Crippen molar-refractivity contribution in [1.82, 2.24) is 15.0 Å².